The topological polar surface area (TPSA) is 129 Å². The number of hydrogen-bond donors (Lipinski definition) is 2. The maximum Gasteiger partial charge on any atom is 0.266 e. The minimum atomic E-state index is -3.55. The van der Waals surface area contributed by atoms with Crippen LogP contribution in [0.1, 0.15) is 35.5 Å². The Kier molecular flexibility index (Phi) is 8.01. The van der Waals surface area contributed by atoms with Crippen LogP contribution in [0.25, 0.3) is 0 Å². The number of benzene rings is 1. The van der Waals surface area contributed by atoms with E-state index in [4.69, 9.17) is 5.84 Å². The molecule has 1 aromatic heterocycles. The molecule has 1 aromatic carbocycles. The first kappa shape index (κ1) is 24.6. The van der Waals surface area contributed by atoms with Gasteiger partial charge >= 0.3 is 0 Å². The summed E-state index contributed by atoms with van der Waals surface area (Å²) in [6.45, 7) is 7.02. The largest absolute Gasteiger partial charge is 0.340 e. The van der Waals surface area contributed by atoms with E-state index in [1.54, 1.807) is 38.1 Å². The van der Waals surface area contributed by atoms with Crippen molar-refractivity contribution in [2.75, 3.05) is 36.2 Å². The van der Waals surface area contributed by atoms with Crippen LogP contribution in [0.5, 0.6) is 0 Å². The van der Waals surface area contributed by atoms with Gasteiger partial charge in [0.1, 0.15) is 0 Å². The number of nitrogens with zero attached hydrogens (tertiary/aromatic N) is 4. The number of amides is 2. The maximum atomic E-state index is 12.8. The smallest absolute Gasteiger partial charge is 0.266 e. The summed E-state index contributed by atoms with van der Waals surface area (Å²) in [7, 11) is -3.55. The molecule has 1 saturated heterocycles. The number of nitrogens with two attached hydrogens (primary N) is 1. The highest BCUT2D eigenvalue weighted by Gasteiger charge is 2.22. The van der Waals surface area contributed by atoms with Crippen LogP contribution in [0.3, 0.4) is 0 Å². The van der Waals surface area contributed by atoms with E-state index in [2.05, 4.69) is 9.88 Å². The minimum Gasteiger partial charge on any atom is -0.340 e. The Balaban J connectivity index is 1.71. The molecule has 2 heterocycles. The van der Waals surface area contributed by atoms with Crippen LogP contribution in [-0.4, -0.2) is 66.9 Å². The number of aromatic nitrogens is 1. The third-order valence-corrected chi connectivity index (χ3v) is 7.41. The molecular weight excluding hydrogens is 444 g/mol. The second kappa shape index (κ2) is 10.7. The number of nitrogens with one attached hydrogen (secondary N) is 1. The third-order valence-electron chi connectivity index (χ3n) is 5.67. The van der Waals surface area contributed by atoms with Gasteiger partial charge < -0.3 is 4.90 Å². The van der Waals surface area contributed by atoms with E-state index in [-0.39, 0.29) is 18.2 Å². The van der Waals surface area contributed by atoms with E-state index < -0.39 is 15.9 Å². The van der Waals surface area contributed by atoms with E-state index >= 15 is 0 Å². The number of nitrogen functional groups attached to an aromatic ring is 1. The fourth-order valence-corrected chi connectivity index (χ4v) is 4.72. The minimum absolute atomic E-state index is 0.0487. The molecule has 1 aliphatic rings. The van der Waals surface area contributed by atoms with Gasteiger partial charge in [0, 0.05) is 45.8 Å². The number of piperazine rings is 1. The number of rotatable bonds is 8. The number of hydrogen-bond acceptors (Lipinski definition) is 7. The van der Waals surface area contributed by atoms with E-state index in [1.165, 1.54) is 10.5 Å². The molecule has 0 aliphatic carbocycles. The number of pyridine rings is 1. The van der Waals surface area contributed by atoms with Crippen molar-refractivity contribution in [2.24, 2.45) is 5.84 Å². The van der Waals surface area contributed by atoms with Crippen molar-refractivity contribution in [3.8, 4) is 0 Å². The molecule has 178 valence electrons. The molecule has 0 spiro atoms. The zero-order valence-electron chi connectivity index (χ0n) is 18.9. The van der Waals surface area contributed by atoms with Gasteiger partial charge in [0.25, 0.3) is 5.91 Å². The van der Waals surface area contributed by atoms with Crippen molar-refractivity contribution < 1.29 is 18.0 Å². The fourth-order valence-electron chi connectivity index (χ4n) is 3.64. The molecule has 0 atom stereocenters. The summed E-state index contributed by atoms with van der Waals surface area (Å²) in [5.41, 5.74) is 4.45. The van der Waals surface area contributed by atoms with Crippen LogP contribution in [0.2, 0.25) is 0 Å². The lowest BCUT2D eigenvalue weighted by atomic mass is 10.1. The van der Waals surface area contributed by atoms with Crippen molar-refractivity contribution in [3.05, 3.63) is 59.4 Å². The quantitative estimate of drug-likeness (QED) is 0.327. The summed E-state index contributed by atoms with van der Waals surface area (Å²) in [5.74, 6) is 4.71. The summed E-state index contributed by atoms with van der Waals surface area (Å²) in [6, 6.07) is 10.6. The number of carbonyl (C=O) groups is 2. The van der Waals surface area contributed by atoms with Crippen LogP contribution < -0.4 is 15.6 Å². The highest BCUT2D eigenvalue weighted by atomic mass is 32.2. The van der Waals surface area contributed by atoms with E-state index in [0.717, 1.165) is 25.2 Å². The molecule has 0 saturated carbocycles. The summed E-state index contributed by atoms with van der Waals surface area (Å²) >= 11 is 0. The summed E-state index contributed by atoms with van der Waals surface area (Å²) in [5, 5.41) is 0. The molecule has 2 aromatic rings. The molecular formula is C22H30N6O4S. The Hall–Kier alpha value is -3.02. The molecule has 11 heteroatoms. The van der Waals surface area contributed by atoms with Gasteiger partial charge in [-0.1, -0.05) is 12.1 Å². The number of hydrazine groups is 1. The Labute approximate surface area is 194 Å². The van der Waals surface area contributed by atoms with Crippen molar-refractivity contribution in [1.29, 1.82) is 0 Å². The van der Waals surface area contributed by atoms with E-state index in [1.807, 2.05) is 22.5 Å². The summed E-state index contributed by atoms with van der Waals surface area (Å²) in [6.07, 6.45) is 1.36. The van der Waals surface area contributed by atoms with E-state index in [0.29, 0.717) is 30.0 Å². The van der Waals surface area contributed by atoms with Gasteiger partial charge in [-0.2, -0.15) is 0 Å². The number of carbonyl (C=O) groups excluding carboxylic acids is 2. The van der Waals surface area contributed by atoms with Gasteiger partial charge in [-0.3, -0.25) is 29.2 Å². The fraction of sp³-hybridized carbons (Fsp3) is 0.409. The standard InChI is InChI=1S/C22H30N6O4S/c1-3-33(31,32)28(16-20-7-6-19(14-24-20)22(30)25-23)21-8-4-18(5-9-21)15-26-10-12-27(13-11-26)17(2)29/h4-9,14H,3,10-13,15-16,23H2,1-2H3,(H,25,30). The molecule has 0 unspecified atom stereocenters. The van der Waals surface area contributed by atoms with Crippen LogP contribution >= 0.6 is 0 Å². The van der Waals surface area contributed by atoms with Gasteiger partial charge in [0.05, 0.1) is 29.2 Å². The monoisotopic (exact) mass is 474 g/mol. The van der Waals surface area contributed by atoms with Gasteiger partial charge in [0.2, 0.25) is 15.9 Å². The van der Waals surface area contributed by atoms with Crippen molar-refractivity contribution >= 4 is 27.5 Å². The van der Waals surface area contributed by atoms with Crippen LogP contribution in [-0.2, 0) is 27.9 Å². The van der Waals surface area contributed by atoms with Crippen LogP contribution in [0.4, 0.5) is 5.69 Å². The molecule has 0 bridgehead atoms. The van der Waals surface area contributed by atoms with E-state index in [9.17, 15) is 18.0 Å². The zero-order chi connectivity index (χ0) is 24.0. The Morgan fingerprint density at radius 1 is 1.09 bits per heavy atom. The third kappa shape index (κ3) is 6.28. The Morgan fingerprint density at radius 2 is 1.76 bits per heavy atom. The number of sulfonamides is 1. The second-order valence-electron chi connectivity index (χ2n) is 7.87. The number of anilines is 1. The lowest BCUT2D eigenvalue weighted by Gasteiger charge is -2.34. The lowest BCUT2D eigenvalue weighted by molar-refractivity contribution is -0.130. The Morgan fingerprint density at radius 3 is 2.27 bits per heavy atom. The highest BCUT2D eigenvalue weighted by Crippen LogP contribution is 2.22. The van der Waals surface area contributed by atoms with Gasteiger partial charge in [-0.15, -0.1) is 0 Å². The molecule has 1 aliphatic heterocycles. The molecule has 0 radical (unpaired) electrons. The first-order valence-electron chi connectivity index (χ1n) is 10.8. The van der Waals surface area contributed by atoms with Gasteiger partial charge in [-0.25, -0.2) is 14.3 Å². The van der Waals surface area contributed by atoms with Gasteiger partial charge in [-0.05, 0) is 36.8 Å². The Bertz CT molecular complexity index is 1070. The molecule has 10 nitrogen and oxygen atoms in total. The molecule has 3 rings (SSSR count). The lowest BCUT2D eigenvalue weighted by Crippen LogP contribution is -2.47. The van der Waals surface area contributed by atoms with Gasteiger partial charge in [0.15, 0.2) is 0 Å². The molecule has 2 amide bonds. The summed E-state index contributed by atoms with van der Waals surface area (Å²) < 4.78 is 26.9. The molecule has 1 fully saturated rings. The normalized spacial score (nSPS) is 14.7. The zero-order valence-corrected chi connectivity index (χ0v) is 19.7. The van der Waals surface area contributed by atoms with Crippen LogP contribution in [0.15, 0.2) is 42.6 Å². The van der Waals surface area contributed by atoms with Crippen molar-refractivity contribution in [2.45, 2.75) is 26.9 Å². The average molecular weight is 475 g/mol. The van der Waals surface area contributed by atoms with Crippen molar-refractivity contribution in [1.82, 2.24) is 20.2 Å². The SMILES string of the molecule is CCS(=O)(=O)N(Cc1ccc(C(=O)NN)cn1)c1ccc(CN2CCN(C(C)=O)CC2)cc1. The highest BCUT2D eigenvalue weighted by molar-refractivity contribution is 7.92. The van der Waals surface area contributed by atoms with Crippen molar-refractivity contribution in [3.63, 3.8) is 0 Å². The average Bonchev–Trinajstić information content (AvgIpc) is 2.83. The van der Waals surface area contributed by atoms with Crippen LogP contribution in [0, 0.1) is 0 Å². The second-order valence-corrected chi connectivity index (χ2v) is 10.0. The first-order valence-corrected chi connectivity index (χ1v) is 12.4. The molecule has 3 N–H and O–H groups in total. The predicted octanol–water partition coefficient (Wildman–Crippen LogP) is 0.706. The predicted molar refractivity (Wildman–Crippen MR) is 126 cm³/mol. The molecule has 33 heavy (non-hydrogen) atoms. The maximum absolute atomic E-state index is 12.8. The summed E-state index contributed by atoms with van der Waals surface area (Å²) in [4.78, 5) is 31.4. The first-order chi connectivity index (χ1) is 15.7.